The summed E-state index contributed by atoms with van der Waals surface area (Å²) >= 11 is 0. The van der Waals surface area contributed by atoms with E-state index in [1.807, 2.05) is 12.1 Å². The Morgan fingerprint density at radius 1 is 1.21 bits per heavy atom. The molecule has 1 aliphatic heterocycles. The Morgan fingerprint density at radius 3 is 2.32 bits per heavy atom. The Kier molecular flexibility index (Phi) is 4.58. The Balaban J connectivity index is 2.35. The first-order valence-electron chi connectivity index (χ1n) is 7.40. The van der Waals surface area contributed by atoms with Crippen LogP contribution in [0.2, 0.25) is 0 Å². The van der Waals surface area contributed by atoms with Crippen molar-refractivity contribution in [2.75, 3.05) is 13.1 Å². The number of hydrogen-bond acceptors (Lipinski definition) is 2. The number of likely N-dealkylation sites (tertiary alicyclic amines) is 1. The fourth-order valence-electron chi connectivity index (χ4n) is 3.51. The molecule has 106 valence electrons. The van der Waals surface area contributed by atoms with Gasteiger partial charge in [0.05, 0.1) is 6.04 Å². The van der Waals surface area contributed by atoms with Gasteiger partial charge >= 0.3 is 0 Å². The molecule has 2 rings (SSSR count). The van der Waals surface area contributed by atoms with Crippen molar-refractivity contribution >= 4 is 0 Å². The first-order valence-corrected chi connectivity index (χ1v) is 7.40. The maximum absolute atomic E-state index is 14.0. The normalized spacial score (nSPS) is 18.7. The van der Waals surface area contributed by atoms with Crippen LogP contribution >= 0.6 is 0 Å². The monoisotopic (exact) mass is 264 g/mol. The summed E-state index contributed by atoms with van der Waals surface area (Å²) in [5, 5.41) is 0. The molecule has 0 saturated carbocycles. The van der Waals surface area contributed by atoms with Crippen LogP contribution in [0.1, 0.15) is 51.1 Å². The van der Waals surface area contributed by atoms with E-state index >= 15 is 0 Å². The first kappa shape index (κ1) is 14.5. The fourth-order valence-corrected chi connectivity index (χ4v) is 3.51. The molecule has 1 unspecified atom stereocenters. The Hall–Kier alpha value is -0.930. The largest absolute Gasteiger partial charge is 0.322 e. The van der Waals surface area contributed by atoms with Gasteiger partial charge < -0.3 is 5.73 Å². The lowest BCUT2D eigenvalue weighted by Gasteiger charge is -2.45. The molecule has 2 N–H and O–H groups in total. The summed E-state index contributed by atoms with van der Waals surface area (Å²) in [6.45, 7) is 6.51. The lowest BCUT2D eigenvalue weighted by Crippen LogP contribution is -2.54. The van der Waals surface area contributed by atoms with Crippen molar-refractivity contribution in [1.29, 1.82) is 0 Å². The summed E-state index contributed by atoms with van der Waals surface area (Å²) in [6.07, 6.45) is 4.37. The third-order valence-corrected chi connectivity index (χ3v) is 4.78. The number of benzene rings is 1. The van der Waals surface area contributed by atoms with Crippen molar-refractivity contribution < 1.29 is 4.39 Å². The first-order chi connectivity index (χ1) is 9.15. The van der Waals surface area contributed by atoms with Gasteiger partial charge in [-0.2, -0.15) is 0 Å². The highest BCUT2D eigenvalue weighted by Crippen LogP contribution is 2.38. The smallest absolute Gasteiger partial charge is 0.128 e. The van der Waals surface area contributed by atoms with Crippen molar-refractivity contribution in [3.05, 3.63) is 35.6 Å². The lowest BCUT2D eigenvalue weighted by molar-refractivity contribution is 0.0754. The zero-order valence-corrected chi connectivity index (χ0v) is 12.0. The molecule has 1 atom stereocenters. The highest BCUT2D eigenvalue weighted by Gasteiger charge is 2.41. The minimum Gasteiger partial charge on any atom is -0.322 e. The van der Waals surface area contributed by atoms with Crippen LogP contribution in [0.3, 0.4) is 0 Å². The van der Waals surface area contributed by atoms with Crippen LogP contribution < -0.4 is 5.73 Å². The molecule has 0 radical (unpaired) electrons. The van der Waals surface area contributed by atoms with Gasteiger partial charge in [-0.25, -0.2) is 4.39 Å². The van der Waals surface area contributed by atoms with E-state index < -0.39 is 0 Å². The summed E-state index contributed by atoms with van der Waals surface area (Å²) in [4.78, 5) is 2.48. The van der Waals surface area contributed by atoms with Crippen molar-refractivity contribution in [2.45, 2.75) is 51.1 Å². The van der Waals surface area contributed by atoms with E-state index in [4.69, 9.17) is 5.73 Å². The predicted molar refractivity (Wildman–Crippen MR) is 77.4 cm³/mol. The van der Waals surface area contributed by atoms with Crippen molar-refractivity contribution in [3.8, 4) is 0 Å². The Bertz CT molecular complexity index is 409. The van der Waals surface area contributed by atoms with Crippen molar-refractivity contribution in [2.24, 2.45) is 5.73 Å². The maximum atomic E-state index is 14.0. The lowest BCUT2D eigenvalue weighted by atomic mass is 9.79. The summed E-state index contributed by atoms with van der Waals surface area (Å²) in [5.74, 6) is -0.180. The summed E-state index contributed by atoms with van der Waals surface area (Å²) in [6, 6.07) is 6.67. The topological polar surface area (TPSA) is 29.3 Å². The molecule has 1 aliphatic rings. The third kappa shape index (κ3) is 2.54. The van der Waals surface area contributed by atoms with E-state index in [-0.39, 0.29) is 17.4 Å². The van der Waals surface area contributed by atoms with Gasteiger partial charge in [-0.1, -0.05) is 32.0 Å². The molecule has 0 aliphatic carbocycles. The van der Waals surface area contributed by atoms with E-state index in [0.29, 0.717) is 5.56 Å². The van der Waals surface area contributed by atoms with Gasteiger partial charge in [0.25, 0.3) is 0 Å². The van der Waals surface area contributed by atoms with Gasteiger partial charge in [0, 0.05) is 11.1 Å². The van der Waals surface area contributed by atoms with Gasteiger partial charge in [0.15, 0.2) is 0 Å². The fraction of sp³-hybridized carbons (Fsp3) is 0.625. The third-order valence-electron chi connectivity index (χ3n) is 4.78. The van der Waals surface area contributed by atoms with E-state index in [1.54, 1.807) is 6.07 Å². The van der Waals surface area contributed by atoms with E-state index in [9.17, 15) is 4.39 Å². The Labute approximate surface area is 115 Å². The van der Waals surface area contributed by atoms with Crippen LogP contribution in [0.15, 0.2) is 24.3 Å². The van der Waals surface area contributed by atoms with Crippen LogP contribution in [0.5, 0.6) is 0 Å². The molecule has 0 aromatic heterocycles. The highest BCUT2D eigenvalue weighted by atomic mass is 19.1. The number of halogens is 1. The molecule has 19 heavy (non-hydrogen) atoms. The van der Waals surface area contributed by atoms with Gasteiger partial charge in [-0.05, 0) is 44.8 Å². The number of hydrogen-bond donors (Lipinski definition) is 1. The Morgan fingerprint density at radius 2 is 1.79 bits per heavy atom. The molecule has 0 spiro atoms. The standard InChI is InChI=1S/C16H25FN2/c1-3-16(4-2,19-11-7-8-12-19)15(18)13-9-5-6-10-14(13)17/h5-6,9-10,15H,3-4,7-8,11-12,18H2,1-2H3. The molecular weight excluding hydrogens is 239 g/mol. The van der Waals surface area contributed by atoms with E-state index in [2.05, 4.69) is 18.7 Å². The van der Waals surface area contributed by atoms with E-state index in [0.717, 1.165) is 25.9 Å². The van der Waals surface area contributed by atoms with Gasteiger partial charge in [0.1, 0.15) is 5.82 Å². The quantitative estimate of drug-likeness (QED) is 0.882. The molecule has 2 nitrogen and oxygen atoms in total. The summed E-state index contributed by atoms with van der Waals surface area (Å²) < 4.78 is 14.0. The molecule has 1 heterocycles. The van der Waals surface area contributed by atoms with E-state index in [1.165, 1.54) is 18.9 Å². The van der Waals surface area contributed by atoms with Crippen LogP contribution in [0.25, 0.3) is 0 Å². The zero-order chi connectivity index (χ0) is 13.9. The maximum Gasteiger partial charge on any atom is 0.128 e. The average Bonchev–Trinajstić information content (AvgIpc) is 2.96. The number of nitrogens with two attached hydrogens (primary N) is 1. The van der Waals surface area contributed by atoms with Gasteiger partial charge in [-0.15, -0.1) is 0 Å². The summed E-state index contributed by atoms with van der Waals surface area (Å²) in [5.41, 5.74) is 7.03. The SMILES string of the molecule is CCC(CC)(C(N)c1ccccc1F)N1CCCC1. The predicted octanol–water partition coefficient (Wildman–Crippen LogP) is 3.48. The molecule has 0 amide bonds. The summed E-state index contributed by atoms with van der Waals surface area (Å²) in [7, 11) is 0. The molecule has 0 bridgehead atoms. The molecular formula is C16H25FN2. The van der Waals surface area contributed by atoms with Crippen LogP contribution in [0.4, 0.5) is 4.39 Å². The second-order valence-electron chi connectivity index (χ2n) is 5.50. The van der Waals surface area contributed by atoms with Gasteiger partial charge in [0.2, 0.25) is 0 Å². The number of rotatable bonds is 5. The van der Waals surface area contributed by atoms with Crippen LogP contribution in [-0.2, 0) is 0 Å². The van der Waals surface area contributed by atoms with Gasteiger partial charge in [-0.3, -0.25) is 4.90 Å². The molecule has 1 aromatic carbocycles. The average molecular weight is 264 g/mol. The molecule has 1 aromatic rings. The molecule has 3 heteroatoms. The molecule has 1 saturated heterocycles. The second kappa shape index (κ2) is 6.02. The highest BCUT2D eigenvalue weighted by molar-refractivity contribution is 5.25. The zero-order valence-electron chi connectivity index (χ0n) is 12.0. The van der Waals surface area contributed by atoms with Crippen LogP contribution in [0, 0.1) is 5.82 Å². The minimum atomic E-state index is -0.262. The number of nitrogens with zero attached hydrogens (tertiary/aromatic N) is 1. The molecule has 1 fully saturated rings. The second-order valence-corrected chi connectivity index (χ2v) is 5.50. The van der Waals surface area contributed by atoms with Crippen molar-refractivity contribution in [1.82, 2.24) is 4.90 Å². The minimum absolute atomic E-state index is 0.112. The van der Waals surface area contributed by atoms with Crippen LogP contribution in [-0.4, -0.2) is 23.5 Å². The van der Waals surface area contributed by atoms with Crippen molar-refractivity contribution in [3.63, 3.8) is 0 Å².